The second kappa shape index (κ2) is 15.2. The first-order valence-electron chi connectivity index (χ1n) is 8.09. The molecule has 0 saturated heterocycles. The normalized spacial score (nSPS) is 10.7. The number of guanidine groups is 1. The number of rotatable bonds is 10. The molecule has 0 aliphatic rings. The van der Waals surface area contributed by atoms with Crippen LogP contribution in [0.2, 0.25) is 0 Å². The molecule has 0 heterocycles. The van der Waals surface area contributed by atoms with Crippen LogP contribution >= 0.6 is 24.0 Å². The fourth-order valence-electron chi connectivity index (χ4n) is 1.93. The quantitative estimate of drug-likeness (QED) is 0.221. The zero-order chi connectivity index (χ0) is 16.8. The molecular weight excluding hydrogens is 419 g/mol. The first-order chi connectivity index (χ1) is 11.3. The van der Waals surface area contributed by atoms with E-state index in [0.717, 1.165) is 31.7 Å². The minimum atomic E-state index is 0. The number of nitrogens with zero attached hydrogens (tertiary/aromatic N) is 1. The van der Waals surface area contributed by atoms with Crippen LogP contribution < -0.4 is 16.0 Å². The molecule has 3 N–H and O–H groups in total. The summed E-state index contributed by atoms with van der Waals surface area (Å²) in [5, 5.41) is 9.22. The highest BCUT2D eigenvalue weighted by Gasteiger charge is 2.02. The lowest BCUT2D eigenvalue weighted by atomic mass is 10.2. The van der Waals surface area contributed by atoms with Crippen LogP contribution in [0.5, 0.6) is 0 Å². The summed E-state index contributed by atoms with van der Waals surface area (Å²) in [5.74, 6) is 0.727. The Morgan fingerprint density at radius 2 is 1.83 bits per heavy atom. The molecule has 1 rings (SSSR count). The zero-order valence-corrected chi connectivity index (χ0v) is 16.8. The third kappa shape index (κ3) is 11.2. The summed E-state index contributed by atoms with van der Waals surface area (Å²) in [4.78, 5) is 15.9. The molecule has 7 heteroatoms. The van der Waals surface area contributed by atoms with Crippen LogP contribution in [-0.4, -0.2) is 45.2 Å². The van der Waals surface area contributed by atoms with Crippen molar-refractivity contribution in [3.63, 3.8) is 0 Å². The number of nitrogens with one attached hydrogen (secondary N) is 3. The van der Waals surface area contributed by atoms with Crippen molar-refractivity contribution >= 4 is 35.8 Å². The largest absolute Gasteiger partial charge is 0.382 e. The highest BCUT2D eigenvalue weighted by atomic mass is 127. The van der Waals surface area contributed by atoms with Gasteiger partial charge in [-0.3, -0.25) is 9.79 Å². The number of ether oxygens (including phenoxy) is 1. The van der Waals surface area contributed by atoms with Crippen molar-refractivity contribution in [2.24, 2.45) is 4.99 Å². The molecular formula is C17H29IN4O2. The topological polar surface area (TPSA) is 74.8 Å². The predicted molar refractivity (Wildman–Crippen MR) is 109 cm³/mol. The van der Waals surface area contributed by atoms with E-state index in [-0.39, 0.29) is 29.9 Å². The third-order valence-corrected chi connectivity index (χ3v) is 3.16. The van der Waals surface area contributed by atoms with E-state index < -0.39 is 0 Å². The van der Waals surface area contributed by atoms with Gasteiger partial charge in [0.1, 0.15) is 0 Å². The molecule has 0 spiro atoms. The molecule has 0 unspecified atom stereocenters. The van der Waals surface area contributed by atoms with E-state index in [1.54, 1.807) is 7.05 Å². The minimum Gasteiger partial charge on any atom is -0.382 e. The number of hydrogen-bond acceptors (Lipinski definition) is 3. The van der Waals surface area contributed by atoms with Crippen molar-refractivity contribution in [1.82, 2.24) is 16.0 Å². The van der Waals surface area contributed by atoms with Crippen LogP contribution in [0.4, 0.5) is 0 Å². The lowest BCUT2D eigenvalue weighted by Crippen LogP contribution is -2.39. The monoisotopic (exact) mass is 448 g/mol. The Kier molecular flexibility index (Phi) is 14.3. The Labute approximate surface area is 161 Å². The summed E-state index contributed by atoms with van der Waals surface area (Å²) in [6.07, 6.45) is 1.33. The van der Waals surface area contributed by atoms with E-state index in [1.165, 1.54) is 0 Å². The summed E-state index contributed by atoms with van der Waals surface area (Å²) >= 11 is 0. The zero-order valence-electron chi connectivity index (χ0n) is 14.5. The Morgan fingerprint density at radius 3 is 2.50 bits per heavy atom. The summed E-state index contributed by atoms with van der Waals surface area (Å²) in [6, 6.07) is 9.87. The molecule has 24 heavy (non-hydrogen) atoms. The molecule has 0 aromatic heterocycles. The number of benzene rings is 1. The smallest absolute Gasteiger partial charge is 0.222 e. The van der Waals surface area contributed by atoms with Gasteiger partial charge in [-0.05, 0) is 18.9 Å². The van der Waals surface area contributed by atoms with Gasteiger partial charge in [-0.1, -0.05) is 30.3 Å². The number of hydrogen-bond donors (Lipinski definition) is 3. The molecule has 0 saturated carbocycles. The van der Waals surface area contributed by atoms with Gasteiger partial charge in [-0.25, -0.2) is 0 Å². The molecule has 1 aromatic rings. The lowest BCUT2D eigenvalue weighted by molar-refractivity contribution is -0.121. The predicted octanol–water partition coefficient (Wildman–Crippen LogP) is 1.90. The molecule has 0 atom stereocenters. The number of aliphatic imine (C=N–C) groups is 1. The van der Waals surface area contributed by atoms with Gasteiger partial charge in [0.15, 0.2) is 5.96 Å². The fourth-order valence-corrected chi connectivity index (χ4v) is 1.93. The highest BCUT2D eigenvalue weighted by Crippen LogP contribution is 1.97. The average Bonchev–Trinajstić information content (AvgIpc) is 2.59. The Bertz CT molecular complexity index is 469. The number of amides is 1. The summed E-state index contributed by atoms with van der Waals surface area (Å²) in [6.45, 7) is 5.36. The summed E-state index contributed by atoms with van der Waals surface area (Å²) < 4.78 is 5.27. The van der Waals surface area contributed by atoms with Crippen LogP contribution in [0.1, 0.15) is 25.3 Å². The second-order valence-electron chi connectivity index (χ2n) is 4.99. The van der Waals surface area contributed by atoms with Gasteiger partial charge >= 0.3 is 0 Å². The van der Waals surface area contributed by atoms with Crippen LogP contribution in [-0.2, 0) is 16.1 Å². The van der Waals surface area contributed by atoms with E-state index in [1.807, 2.05) is 37.3 Å². The molecule has 0 aliphatic heterocycles. The second-order valence-corrected chi connectivity index (χ2v) is 4.99. The molecule has 0 bridgehead atoms. The van der Waals surface area contributed by atoms with Crippen molar-refractivity contribution in [3.8, 4) is 0 Å². The van der Waals surface area contributed by atoms with Crippen LogP contribution in [0, 0.1) is 0 Å². The highest BCUT2D eigenvalue weighted by molar-refractivity contribution is 14.0. The standard InChI is InChI=1S/C17H28N4O2.HI/c1-3-23-13-7-11-19-17(18-2)20-12-10-16(22)21-14-15-8-5-4-6-9-15;/h4-6,8-9H,3,7,10-14H2,1-2H3,(H,21,22)(H2,18,19,20);1H. The van der Waals surface area contributed by atoms with Crippen LogP contribution in [0.25, 0.3) is 0 Å². The maximum absolute atomic E-state index is 11.8. The van der Waals surface area contributed by atoms with Gasteiger partial charge in [-0.2, -0.15) is 0 Å². The molecule has 136 valence electrons. The average molecular weight is 448 g/mol. The lowest BCUT2D eigenvalue weighted by Gasteiger charge is -2.12. The van der Waals surface area contributed by atoms with Crippen LogP contribution in [0.15, 0.2) is 35.3 Å². The maximum atomic E-state index is 11.8. The van der Waals surface area contributed by atoms with E-state index in [9.17, 15) is 4.79 Å². The third-order valence-electron chi connectivity index (χ3n) is 3.16. The van der Waals surface area contributed by atoms with Gasteiger partial charge in [-0.15, -0.1) is 24.0 Å². The van der Waals surface area contributed by atoms with Crippen molar-refractivity contribution in [3.05, 3.63) is 35.9 Å². The van der Waals surface area contributed by atoms with Gasteiger partial charge < -0.3 is 20.7 Å². The fraction of sp³-hybridized carbons (Fsp3) is 0.529. The Hall–Kier alpha value is -1.35. The van der Waals surface area contributed by atoms with E-state index in [0.29, 0.717) is 25.5 Å². The van der Waals surface area contributed by atoms with Gasteiger partial charge in [0, 0.05) is 46.3 Å². The summed E-state index contributed by atoms with van der Waals surface area (Å²) in [5.41, 5.74) is 1.10. The number of halogens is 1. The van der Waals surface area contributed by atoms with E-state index in [2.05, 4.69) is 20.9 Å². The molecule has 0 aliphatic carbocycles. The minimum absolute atomic E-state index is 0. The van der Waals surface area contributed by atoms with Gasteiger partial charge in [0.05, 0.1) is 0 Å². The molecule has 1 amide bonds. The van der Waals surface area contributed by atoms with E-state index >= 15 is 0 Å². The molecule has 0 radical (unpaired) electrons. The molecule has 1 aromatic carbocycles. The maximum Gasteiger partial charge on any atom is 0.222 e. The first-order valence-corrected chi connectivity index (χ1v) is 8.09. The molecule has 6 nitrogen and oxygen atoms in total. The first kappa shape index (κ1) is 22.6. The number of carbonyl (C=O) groups is 1. The SMILES string of the molecule is CCOCCCNC(=NC)NCCC(=O)NCc1ccccc1.I. The van der Waals surface area contributed by atoms with Gasteiger partial charge in [0.2, 0.25) is 5.91 Å². The van der Waals surface area contributed by atoms with Crippen molar-refractivity contribution < 1.29 is 9.53 Å². The Balaban J connectivity index is 0.00000529. The molecule has 0 fully saturated rings. The van der Waals surface area contributed by atoms with Crippen molar-refractivity contribution in [2.45, 2.75) is 26.3 Å². The summed E-state index contributed by atoms with van der Waals surface area (Å²) in [7, 11) is 1.72. The van der Waals surface area contributed by atoms with Crippen LogP contribution in [0.3, 0.4) is 0 Å². The van der Waals surface area contributed by atoms with Crippen molar-refractivity contribution in [1.29, 1.82) is 0 Å². The van der Waals surface area contributed by atoms with E-state index in [4.69, 9.17) is 4.74 Å². The van der Waals surface area contributed by atoms with Gasteiger partial charge in [0.25, 0.3) is 0 Å². The van der Waals surface area contributed by atoms with Crippen molar-refractivity contribution in [2.75, 3.05) is 33.4 Å². The number of carbonyl (C=O) groups excluding carboxylic acids is 1. The Morgan fingerprint density at radius 1 is 1.12 bits per heavy atom.